The van der Waals surface area contributed by atoms with Crippen molar-refractivity contribution in [3.05, 3.63) is 24.5 Å². The van der Waals surface area contributed by atoms with E-state index in [4.69, 9.17) is 4.74 Å². The summed E-state index contributed by atoms with van der Waals surface area (Å²) in [6.07, 6.45) is 3.24. The van der Waals surface area contributed by atoms with Crippen molar-refractivity contribution >= 4 is 28.5 Å². The van der Waals surface area contributed by atoms with Gasteiger partial charge in [0.05, 0.1) is 6.20 Å². The Kier molecular flexibility index (Phi) is 4.11. The van der Waals surface area contributed by atoms with Gasteiger partial charge in [0.15, 0.2) is 0 Å². The Morgan fingerprint density at radius 3 is 3.00 bits per heavy atom. The maximum Gasteiger partial charge on any atom is 0.299 e. The number of pyridine rings is 1. The third-order valence-corrected chi connectivity index (χ3v) is 3.39. The smallest absolute Gasteiger partial charge is 0.299 e. The molecule has 2 aromatic rings. The molecule has 0 radical (unpaired) electrons. The number of hydrogen-bond donors (Lipinski definition) is 0. The molecule has 0 fully saturated rings. The van der Waals surface area contributed by atoms with Gasteiger partial charge < -0.3 is 9.64 Å². The quantitative estimate of drug-likeness (QED) is 0.806. The molecular weight excluding hydrogens is 272 g/mol. The molecule has 8 heteroatoms. The van der Waals surface area contributed by atoms with Gasteiger partial charge in [-0.2, -0.15) is 9.36 Å². The number of ether oxygens (including phenoxy) is 1. The molecule has 0 spiro atoms. The molecule has 1 amide bonds. The second kappa shape index (κ2) is 5.78. The van der Waals surface area contributed by atoms with E-state index in [0.717, 1.165) is 23.3 Å². The van der Waals surface area contributed by atoms with E-state index in [1.807, 2.05) is 0 Å². The second-order valence-corrected chi connectivity index (χ2v) is 5.03. The molecule has 0 aliphatic heterocycles. The highest BCUT2D eigenvalue weighted by Gasteiger charge is 2.12. The molecule has 94 valence electrons. The van der Waals surface area contributed by atoms with Crippen molar-refractivity contribution < 1.29 is 9.53 Å². The van der Waals surface area contributed by atoms with Gasteiger partial charge in [-0.25, -0.2) is 0 Å². The van der Waals surface area contributed by atoms with Gasteiger partial charge in [0, 0.05) is 43.6 Å². The lowest BCUT2D eigenvalue weighted by molar-refractivity contribution is 0.241. The fraction of sp³-hybridized carbons (Fsp3) is 0.200. The van der Waals surface area contributed by atoms with Crippen LogP contribution in [0.2, 0.25) is 0 Å². The zero-order valence-corrected chi connectivity index (χ0v) is 11.4. The standard InChI is InChI=1S/C10H10N4O2S2/c1-14(2)10(15)17-8-12-9(18-13-8)16-7-4-3-5-11-6-7/h3-6H,1-2H3. The summed E-state index contributed by atoms with van der Waals surface area (Å²) < 4.78 is 9.48. The first-order valence-corrected chi connectivity index (χ1v) is 6.55. The number of rotatable bonds is 3. The van der Waals surface area contributed by atoms with Crippen molar-refractivity contribution in [1.29, 1.82) is 0 Å². The Hall–Kier alpha value is -1.67. The van der Waals surface area contributed by atoms with Crippen molar-refractivity contribution in [1.82, 2.24) is 19.2 Å². The summed E-state index contributed by atoms with van der Waals surface area (Å²) in [6, 6.07) is 3.54. The summed E-state index contributed by atoms with van der Waals surface area (Å²) in [4.78, 5) is 20.9. The summed E-state index contributed by atoms with van der Waals surface area (Å²) >= 11 is 2.06. The number of amides is 1. The largest absolute Gasteiger partial charge is 0.428 e. The molecule has 0 atom stereocenters. The van der Waals surface area contributed by atoms with Crippen LogP contribution in [-0.4, -0.2) is 38.6 Å². The first-order chi connectivity index (χ1) is 8.65. The van der Waals surface area contributed by atoms with Crippen molar-refractivity contribution in [2.24, 2.45) is 0 Å². The lowest BCUT2D eigenvalue weighted by atomic mass is 10.5. The van der Waals surface area contributed by atoms with E-state index in [2.05, 4.69) is 14.3 Å². The normalized spacial score (nSPS) is 10.1. The average molecular weight is 282 g/mol. The average Bonchev–Trinajstić information content (AvgIpc) is 2.77. The van der Waals surface area contributed by atoms with E-state index in [1.54, 1.807) is 38.6 Å². The molecule has 0 aromatic carbocycles. The topological polar surface area (TPSA) is 68.2 Å². The van der Waals surface area contributed by atoms with E-state index in [0.29, 0.717) is 16.1 Å². The predicted octanol–water partition coefficient (Wildman–Crippen LogP) is 2.50. The Bertz CT molecular complexity index is 530. The van der Waals surface area contributed by atoms with Gasteiger partial charge in [-0.3, -0.25) is 9.78 Å². The first kappa shape index (κ1) is 12.8. The molecule has 0 bridgehead atoms. The SMILES string of the molecule is CN(C)C(=O)Sc1nsc(Oc2cccnc2)n1. The Morgan fingerprint density at radius 1 is 1.50 bits per heavy atom. The summed E-state index contributed by atoms with van der Waals surface area (Å²) in [5, 5.41) is 0.648. The van der Waals surface area contributed by atoms with Crippen LogP contribution in [-0.2, 0) is 0 Å². The fourth-order valence-corrected chi connectivity index (χ4v) is 2.20. The van der Waals surface area contributed by atoms with Crippen LogP contribution < -0.4 is 4.74 Å². The molecule has 6 nitrogen and oxygen atoms in total. The molecule has 18 heavy (non-hydrogen) atoms. The minimum Gasteiger partial charge on any atom is -0.428 e. The molecule has 2 heterocycles. The summed E-state index contributed by atoms with van der Waals surface area (Å²) in [6.45, 7) is 0. The molecule has 0 aliphatic rings. The lowest BCUT2D eigenvalue weighted by Gasteiger charge is -2.06. The van der Waals surface area contributed by atoms with Crippen molar-refractivity contribution in [3.8, 4) is 10.9 Å². The van der Waals surface area contributed by atoms with Gasteiger partial charge >= 0.3 is 0 Å². The van der Waals surface area contributed by atoms with Gasteiger partial charge in [-0.05, 0) is 12.1 Å². The molecular formula is C10H10N4O2S2. The van der Waals surface area contributed by atoms with Crippen LogP contribution in [0, 0.1) is 0 Å². The van der Waals surface area contributed by atoms with Crippen LogP contribution in [0.4, 0.5) is 4.79 Å². The molecule has 2 aromatic heterocycles. The number of nitrogens with zero attached hydrogens (tertiary/aromatic N) is 4. The number of thioether (sulfide) groups is 1. The van der Waals surface area contributed by atoms with E-state index in [9.17, 15) is 4.79 Å². The van der Waals surface area contributed by atoms with Crippen LogP contribution in [0.15, 0.2) is 29.7 Å². The van der Waals surface area contributed by atoms with Crippen molar-refractivity contribution in [2.45, 2.75) is 5.16 Å². The van der Waals surface area contributed by atoms with Crippen LogP contribution >= 0.6 is 23.3 Å². The Balaban J connectivity index is 2.00. The predicted molar refractivity (Wildman–Crippen MR) is 69.2 cm³/mol. The lowest BCUT2D eigenvalue weighted by Crippen LogP contribution is -2.16. The van der Waals surface area contributed by atoms with Crippen LogP contribution in [0.25, 0.3) is 0 Å². The number of aromatic nitrogens is 3. The molecule has 0 N–H and O–H groups in total. The molecule has 0 aliphatic carbocycles. The van der Waals surface area contributed by atoms with Crippen LogP contribution in [0.3, 0.4) is 0 Å². The van der Waals surface area contributed by atoms with Crippen LogP contribution in [0.5, 0.6) is 10.9 Å². The molecule has 2 rings (SSSR count). The first-order valence-electron chi connectivity index (χ1n) is 4.96. The van der Waals surface area contributed by atoms with Gasteiger partial charge in [-0.1, -0.05) is 0 Å². The number of carbonyl (C=O) groups excluding carboxylic acids is 1. The van der Waals surface area contributed by atoms with Crippen LogP contribution in [0.1, 0.15) is 0 Å². The fourth-order valence-electron chi connectivity index (χ4n) is 0.958. The zero-order valence-electron chi connectivity index (χ0n) is 9.73. The highest BCUT2D eigenvalue weighted by atomic mass is 32.2. The monoisotopic (exact) mass is 282 g/mol. The minimum absolute atomic E-state index is 0.124. The highest BCUT2D eigenvalue weighted by molar-refractivity contribution is 8.13. The van der Waals surface area contributed by atoms with Crippen molar-refractivity contribution in [3.63, 3.8) is 0 Å². The van der Waals surface area contributed by atoms with E-state index in [-0.39, 0.29) is 5.24 Å². The third kappa shape index (κ3) is 3.41. The number of hydrogen-bond acceptors (Lipinski definition) is 7. The maximum absolute atomic E-state index is 11.4. The van der Waals surface area contributed by atoms with E-state index in [1.165, 1.54) is 4.90 Å². The Morgan fingerprint density at radius 2 is 2.33 bits per heavy atom. The summed E-state index contributed by atoms with van der Waals surface area (Å²) in [5.41, 5.74) is 0. The third-order valence-electron chi connectivity index (χ3n) is 1.77. The number of carbonyl (C=O) groups is 1. The maximum atomic E-state index is 11.4. The second-order valence-electron chi connectivity index (χ2n) is 3.40. The van der Waals surface area contributed by atoms with E-state index < -0.39 is 0 Å². The van der Waals surface area contributed by atoms with E-state index >= 15 is 0 Å². The Labute approximate surface area is 112 Å². The van der Waals surface area contributed by atoms with Gasteiger partial charge in [-0.15, -0.1) is 0 Å². The van der Waals surface area contributed by atoms with Gasteiger partial charge in [0.25, 0.3) is 10.4 Å². The highest BCUT2D eigenvalue weighted by Crippen LogP contribution is 2.26. The molecule has 0 saturated heterocycles. The summed E-state index contributed by atoms with van der Waals surface area (Å²) in [7, 11) is 3.35. The molecule has 0 saturated carbocycles. The van der Waals surface area contributed by atoms with Crippen molar-refractivity contribution in [2.75, 3.05) is 14.1 Å². The molecule has 0 unspecified atom stereocenters. The van der Waals surface area contributed by atoms with Gasteiger partial charge in [0.1, 0.15) is 5.75 Å². The minimum atomic E-state index is -0.124. The summed E-state index contributed by atoms with van der Waals surface area (Å²) in [5.74, 6) is 0.587. The zero-order chi connectivity index (χ0) is 13.0. The van der Waals surface area contributed by atoms with Gasteiger partial charge in [0.2, 0.25) is 5.16 Å².